The fourth-order valence-electron chi connectivity index (χ4n) is 4.58. The summed E-state index contributed by atoms with van der Waals surface area (Å²) in [5, 5.41) is 9.83. The molecule has 150 valence electrons. The molecule has 4 aromatic rings. The second-order valence-electron chi connectivity index (χ2n) is 7.76. The van der Waals surface area contributed by atoms with Gasteiger partial charge in [-0.1, -0.05) is 47.5 Å². The molecule has 0 aliphatic carbocycles. The molecule has 6 nitrogen and oxygen atoms in total. The average Bonchev–Trinajstić information content (AvgIpc) is 3.48. The summed E-state index contributed by atoms with van der Waals surface area (Å²) >= 11 is 12.7. The number of nitrogens with zero attached hydrogens (tertiary/aromatic N) is 5. The van der Waals surface area contributed by atoms with Gasteiger partial charge in [-0.25, -0.2) is 14.6 Å². The number of hydrogen-bond acceptors (Lipinski definition) is 5. The molecule has 0 amide bonds. The van der Waals surface area contributed by atoms with Gasteiger partial charge >= 0.3 is 0 Å². The Morgan fingerprint density at radius 2 is 1.80 bits per heavy atom. The van der Waals surface area contributed by atoms with E-state index in [1.54, 1.807) is 6.33 Å². The highest BCUT2D eigenvalue weighted by Crippen LogP contribution is 2.37. The summed E-state index contributed by atoms with van der Waals surface area (Å²) in [5.41, 5.74) is 4.24. The van der Waals surface area contributed by atoms with Crippen molar-refractivity contribution in [2.75, 3.05) is 18.0 Å². The maximum absolute atomic E-state index is 6.55. The highest BCUT2D eigenvalue weighted by Gasteiger charge is 2.39. The Labute approximate surface area is 183 Å². The molecule has 0 saturated carbocycles. The van der Waals surface area contributed by atoms with Crippen LogP contribution in [0.15, 0.2) is 54.9 Å². The van der Waals surface area contributed by atoms with E-state index in [-0.39, 0.29) is 0 Å². The lowest BCUT2D eigenvalue weighted by Crippen LogP contribution is -2.44. The second-order valence-corrected chi connectivity index (χ2v) is 8.60. The van der Waals surface area contributed by atoms with E-state index in [4.69, 9.17) is 28.3 Å². The Balaban J connectivity index is 1.62. The van der Waals surface area contributed by atoms with Gasteiger partial charge in [0.05, 0.1) is 10.7 Å². The van der Waals surface area contributed by atoms with Gasteiger partial charge in [0.25, 0.3) is 0 Å². The monoisotopic (exact) mass is 436 g/mol. The summed E-state index contributed by atoms with van der Waals surface area (Å²) in [6, 6.07) is 16.4. The van der Waals surface area contributed by atoms with Gasteiger partial charge in [-0.05, 0) is 30.7 Å². The first kappa shape index (κ1) is 18.1. The largest absolute Gasteiger partial charge is 0.349 e. The van der Waals surface area contributed by atoms with Gasteiger partial charge in [0.15, 0.2) is 11.3 Å². The molecule has 2 atom stereocenters. The number of fused-ring (bicyclic) bond motifs is 3. The Kier molecular flexibility index (Phi) is 4.19. The summed E-state index contributed by atoms with van der Waals surface area (Å²) in [6.45, 7) is 1.91. The molecule has 1 N–H and O–H groups in total. The SMILES string of the molecule is Clc1ccc(-c2c3ncnc(N4C[C@@H]5C[C@H]4CN5)c3nn2-c2ccccc2Cl)cc1. The molecule has 2 saturated heterocycles. The van der Waals surface area contributed by atoms with Crippen LogP contribution in [0.5, 0.6) is 0 Å². The minimum atomic E-state index is 0.442. The first-order chi connectivity index (χ1) is 14.7. The zero-order valence-corrected chi connectivity index (χ0v) is 17.5. The summed E-state index contributed by atoms with van der Waals surface area (Å²) in [6.07, 6.45) is 2.77. The van der Waals surface area contributed by atoms with Crippen LogP contribution in [0.2, 0.25) is 10.0 Å². The van der Waals surface area contributed by atoms with Gasteiger partial charge in [0.2, 0.25) is 0 Å². The van der Waals surface area contributed by atoms with Crippen molar-refractivity contribution < 1.29 is 0 Å². The first-order valence-corrected chi connectivity index (χ1v) is 10.7. The third-order valence-corrected chi connectivity index (χ3v) is 6.54. The van der Waals surface area contributed by atoms with Crippen LogP contribution >= 0.6 is 23.2 Å². The van der Waals surface area contributed by atoms with Crippen LogP contribution in [-0.4, -0.2) is 44.9 Å². The second kappa shape index (κ2) is 6.94. The zero-order chi connectivity index (χ0) is 20.2. The molecule has 8 heteroatoms. The number of nitrogens with one attached hydrogen (secondary N) is 1. The lowest BCUT2D eigenvalue weighted by molar-refractivity contribution is 0.577. The number of halogens is 2. The molecule has 0 radical (unpaired) electrons. The molecule has 2 aromatic carbocycles. The molecule has 2 bridgehead atoms. The molecule has 2 fully saturated rings. The fraction of sp³-hybridized carbons (Fsp3) is 0.227. The van der Waals surface area contributed by atoms with E-state index in [9.17, 15) is 0 Å². The fourth-order valence-corrected chi connectivity index (χ4v) is 4.92. The van der Waals surface area contributed by atoms with Crippen LogP contribution in [0.25, 0.3) is 28.0 Å². The van der Waals surface area contributed by atoms with Crippen LogP contribution < -0.4 is 10.2 Å². The summed E-state index contributed by atoms with van der Waals surface area (Å²) < 4.78 is 1.88. The smallest absolute Gasteiger partial charge is 0.160 e. The minimum absolute atomic E-state index is 0.442. The molecule has 6 rings (SSSR count). The summed E-state index contributed by atoms with van der Waals surface area (Å²) in [4.78, 5) is 11.6. The Bertz CT molecular complexity index is 1250. The number of piperazine rings is 1. The predicted octanol–water partition coefficient (Wildman–Crippen LogP) is 4.34. The number of aromatic nitrogens is 4. The van der Waals surface area contributed by atoms with Crippen LogP contribution in [0.3, 0.4) is 0 Å². The number of anilines is 1. The van der Waals surface area contributed by atoms with Crippen molar-refractivity contribution in [1.29, 1.82) is 0 Å². The van der Waals surface area contributed by atoms with Gasteiger partial charge in [-0.15, -0.1) is 0 Å². The van der Waals surface area contributed by atoms with Crippen molar-refractivity contribution in [3.8, 4) is 16.9 Å². The van der Waals surface area contributed by atoms with Crippen molar-refractivity contribution in [2.24, 2.45) is 0 Å². The van der Waals surface area contributed by atoms with E-state index in [0.717, 1.165) is 53.3 Å². The van der Waals surface area contributed by atoms with Crippen LogP contribution in [0.1, 0.15) is 6.42 Å². The Morgan fingerprint density at radius 1 is 0.967 bits per heavy atom. The molecule has 0 unspecified atom stereocenters. The van der Waals surface area contributed by atoms with Crippen LogP contribution in [0.4, 0.5) is 5.82 Å². The average molecular weight is 437 g/mol. The molecule has 2 aliphatic rings. The zero-order valence-electron chi connectivity index (χ0n) is 16.0. The van der Waals surface area contributed by atoms with Gasteiger partial charge in [0, 0.05) is 35.8 Å². The Hall–Kier alpha value is -2.67. The number of rotatable bonds is 3. The molecular formula is C22H18Cl2N6. The third-order valence-electron chi connectivity index (χ3n) is 5.97. The number of benzene rings is 2. The number of para-hydroxylation sites is 1. The quantitative estimate of drug-likeness (QED) is 0.517. The van der Waals surface area contributed by atoms with E-state index in [0.29, 0.717) is 22.1 Å². The highest BCUT2D eigenvalue weighted by molar-refractivity contribution is 6.32. The van der Waals surface area contributed by atoms with Crippen LogP contribution in [-0.2, 0) is 0 Å². The summed E-state index contributed by atoms with van der Waals surface area (Å²) in [7, 11) is 0. The van der Waals surface area contributed by atoms with E-state index in [1.165, 1.54) is 0 Å². The normalized spacial score (nSPS) is 20.4. The maximum atomic E-state index is 6.55. The van der Waals surface area contributed by atoms with E-state index in [2.05, 4.69) is 20.2 Å². The Morgan fingerprint density at radius 3 is 2.53 bits per heavy atom. The van der Waals surface area contributed by atoms with Crippen molar-refractivity contribution in [1.82, 2.24) is 25.1 Å². The highest BCUT2D eigenvalue weighted by atomic mass is 35.5. The molecule has 0 spiro atoms. The molecule has 2 aromatic heterocycles. The molecule has 4 heterocycles. The van der Waals surface area contributed by atoms with E-state index >= 15 is 0 Å². The van der Waals surface area contributed by atoms with Crippen LogP contribution in [0, 0.1) is 0 Å². The molecule has 30 heavy (non-hydrogen) atoms. The van der Waals surface area contributed by atoms with Gasteiger partial charge in [-0.2, -0.15) is 5.10 Å². The predicted molar refractivity (Wildman–Crippen MR) is 120 cm³/mol. The first-order valence-electron chi connectivity index (χ1n) is 9.93. The van der Waals surface area contributed by atoms with E-state index < -0.39 is 0 Å². The lowest BCUT2D eigenvalue weighted by Gasteiger charge is -2.28. The van der Waals surface area contributed by atoms with Crippen molar-refractivity contribution in [3.63, 3.8) is 0 Å². The third kappa shape index (κ3) is 2.79. The molecular weight excluding hydrogens is 419 g/mol. The van der Waals surface area contributed by atoms with Gasteiger partial charge in [0.1, 0.15) is 17.5 Å². The van der Waals surface area contributed by atoms with Crippen molar-refractivity contribution in [2.45, 2.75) is 18.5 Å². The minimum Gasteiger partial charge on any atom is -0.349 e. The van der Waals surface area contributed by atoms with E-state index in [1.807, 2.05) is 53.2 Å². The molecule has 2 aliphatic heterocycles. The van der Waals surface area contributed by atoms with Crippen molar-refractivity contribution in [3.05, 3.63) is 64.9 Å². The topological polar surface area (TPSA) is 58.9 Å². The summed E-state index contributed by atoms with van der Waals surface area (Å²) in [5.74, 6) is 0.884. The lowest BCUT2D eigenvalue weighted by atomic mass is 10.1. The van der Waals surface area contributed by atoms with Gasteiger partial charge < -0.3 is 10.2 Å². The number of hydrogen-bond donors (Lipinski definition) is 1. The maximum Gasteiger partial charge on any atom is 0.160 e. The van der Waals surface area contributed by atoms with Crippen molar-refractivity contribution >= 4 is 40.1 Å². The standard InChI is InChI=1S/C22H18Cl2N6/c23-14-7-5-13(6-8-14)21-19-20(28-30(21)18-4-2-1-3-17(18)24)22(27-12-26-19)29-11-15-9-16(29)10-25-15/h1-8,12,15-16,25H,9-11H2/t15-,16-/m0/s1. The van der Waals surface area contributed by atoms with Gasteiger partial charge in [-0.3, -0.25) is 0 Å².